The number of sulfone groups is 1. The summed E-state index contributed by atoms with van der Waals surface area (Å²) in [6.07, 6.45) is 1.93. The summed E-state index contributed by atoms with van der Waals surface area (Å²) in [6, 6.07) is 5.99. The second-order valence-electron chi connectivity index (χ2n) is 3.02. The van der Waals surface area contributed by atoms with Crippen molar-refractivity contribution in [2.45, 2.75) is 11.8 Å². The lowest BCUT2D eigenvalue weighted by Crippen LogP contribution is -2.01. The van der Waals surface area contributed by atoms with E-state index in [1.165, 1.54) is 12.1 Å². The van der Waals surface area contributed by atoms with Gasteiger partial charge in [0.15, 0.2) is 0 Å². The third-order valence-corrected chi connectivity index (χ3v) is 3.38. The molecule has 0 N–H and O–H groups in total. The van der Waals surface area contributed by atoms with Gasteiger partial charge >= 0.3 is 0 Å². The van der Waals surface area contributed by atoms with E-state index in [9.17, 15) is 12.8 Å². The monoisotopic (exact) mass is 226 g/mol. The summed E-state index contributed by atoms with van der Waals surface area (Å²) in [6.45, 7) is 5.07. The average molecular weight is 226 g/mol. The van der Waals surface area contributed by atoms with Crippen LogP contribution in [0.2, 0.25) is 0 Å². The van der Waals surface area contributed by atoms with Crippen LogP contribution in [-0.4, -0.2) is 8.42 Å². The minimum absolute atomic E-state index is 0.0521. The summed E-state index contributed by atoms with van der Waals surface area (Å²) in [5.74, 6) is 0. The van der Waals surface area contributed by atoms with Crippen molar-refractivity contribution in [1.82, 2.24) is 0 Å². The highest BCUT2D eigenvalue weighted by atomic mass is 32.2. The number of halogens is 1. The smallest absolute Gasteiger partial charge is 0.216 e. The number of benzene rings is 1. The molecule has 0 atom stereocenters. The summed E-state index contributed by atoms with van der Waals surface area (Å²) in [4.78, 5) is -0.0521. The number of aryl methyl sites for hydroxylation is 1. The standard InChI is InChI=1S/C11H11FO2S/c1-3-4-11(12)15(13,14)10-7-5-9(2)6-8-10/h3-8H,1H2,2H3/b11-4+. The molecule has 0 spiro atoms. The van der Waals surface area contributed by atoms with Gasteiger partial charge in [-0.25, -0.2) is 8.42 Å². The van der Waals surface area contributed by atoms with Crippen LogP contribution in [0, 0.1) is 6.92 Å². The molecule has 4 heteroatoms. The molecule has 0 heterocycles. The topological polar surface area (TPSA) is 34.1 Å². The maximum Gasteiger partial charge on any atom is 0.233 e. The van der Waals surface area contributed by atoms with Gasteiger partial charge < -0.3 is 0 Å². The van der Waals surface area contributed by atoms with Gasteiger partial charge in [0, 0.05) is 0 Å². The fourth-order valence-corrected chi connectivity index (χ4v) is 2.01. The van der Waals surface area contributed by atoms with Gasteiger partial charge in [-0.1, -0.05) is 30.4 Å². The lowest BCUT2D eigenvalue weighted by Gasteiger charge is -2.01. The SMILES string of the molecule is C=C/C=C(\F)S(=O)(=O)c1ccc(C)cc1. The Balaban J connectivity index is 3.23. The number of hydrogen-bond acceptors (Lipinski definition) is 2. The van der Waals surface area contributed by atoms with Crippen molar-refractivity contribution in [3.63, 3.8) is 0 Å². The summed E-state index contributed by atoms with van der Waals surface area (Å²) >= 11 is 0. The van der Waals surface area contributed by atoms with Crippen LogP contribution in [0.15, 0.2) is 53.1 Å². The van der Waals surface area contributed by atoms with E-state index in [0.29, 0.717) is 0 Å². The van der Waals surface area contributed by atoms with Crippen LogP contribution in [-0.2, 0) is 9.84 Å². The predicted molar refractivity (Wildman–Crippen MR) is 57.8 cm³/mol. The first-order chi connectivity index (χ1) is 6.98. The third kappa shape index (κ3) is 2.53. The second kappa shape index (κ2) is 4.40. The quantitative estimate of drug-likeness (QED) is 0.743. The Labute approximate surface area is 88.7 Å². The molecule has 1 rings (SSSR count). The molecule has 80 valence electrons. The maximum absolute atomic E-state index is 13.2. The summed E-state index contributed by atoms with van der Waals surface area (Å²) < 4.78 is 36.3. The summed E-state index contributed by atoms with van der Waals surface area (Å²) in [5, 5.41) is -1.19. The molecule has 15 heavy (non-hydrogen) atoms. The maximum atomic E-state index is 13.2. The Hall–Kier alpha value is -1.42. The van der Waals surface area contributed by atoms with E-state index in [0.717, 1.165) is 17.7 Å². The summed E-state index contributed by atoms with van der Waals surface area (Å²) in [5.41, 5.74) is 0.919. The van der Waals surface area contributed by atoms with Gasteiger partial charge in [-0.3, -0.25) is 0 Å². The van der Waals surface area contributed by atoms with Crippen molar-refractivity contribution in [3.8, 4) is 0 Å². The van der Waals surface area contributed by atoms with E-state index < -0.39 is 15.0 Å². The van der Waals surface area contributed by atoms with Gasteiger partial charge in [-0.2, -0.15) is 4.39 Å². The highest BCUT2D eigenvalue weighted by Crippen LogP contribution is 2.20. The molecule has 0 aliphatic rings. The Bertz CT molecular complexity index is 484. The predicted octanol–water partition coefficient (Wildman–Crippen LogP) is 2.77. The van der Waals surface area contributed by atoms with Gasteiger partial charge in [0.25, 0.3) is 0 Å². The van der Waals surface area contributed by atoms with Gasteiger partial charge in [0.1, 0.15) is 0 Å². The molecule has 0 fully saturated rings. The third-order valence-electron chi connectivity index (χ3n) is 1.84. The Morgan fingerprint density at radius 3 is 2.33 bits per heavy atom. The number of rotatable bonds is 3. The van der Waals surface area contributed by atoms with E-state index >= 15 is 0 Å². The van der Waals surface area contributed by atoms with E-state index in [-0.39, 0.29) is 4.90 Å². The van der Waals surface area contributed by atoms with Crippen molar-refractivity contribution in [2.24, 2.45) is 0 Å². The first-order valence-electron chi connectivity index (χ1n) is 4.28. The zero-order valence-corrected chi connectivity index (χ0v) is 9.09. The molecule has 0 saturated carbocycles. The van der Waals surface area contributed by atoms with Crippen molar-refractivity contribution in [1.29, 1.82) is 0 Å². The van der Waals surface area contributed by atoms with Crippen LogP contribution in [0.4, 0.5) is 4.39 Å². The van der Waals surface area contributed by atoms with E-state index in [2.05, 4.69) is 6.58 Å². The fourth-order valence-electron chi connectivity index (χ4n) is 1.01. The van der Waals surface area contributed by atoms with Gasteiger partial charge in [0.05, 0.1) is 4.90 Å². The lowest BCUT2D eigenvalue weighted by molar-refractivity contribution is 0.577. The molecular formula is C11H11FO2S. The molecule has 0 aliphatic heterocycles. The van der Waals surface area contributed by atoms with Crippen LogP contribution >= 0.6 is 0 Å². The summed E-state index contributed by atoms with van der Waals surface area (Å²) in [7, 11) is -3.99. The van der Waals surface area contributed by atoms with Gasteiger partial charge in [-0.05, 0) is 25.1 Å². The Morgan fingerprint density at radius 1 is 1.33 bits per heavy atom. The molecule has 0 amide bonds. The normalized spacial score (nSPS) is 12.5. The first kappa shape index (κ1) is 11.7. The highest BCUT2D eigenvalue weighted by molar-refractivity contribution is 7.95. The van der Waals surface area contributed by atoms with Crippen LogP contribution in [0.3, 0.4) is 0 Å². The van der Waals surface area contributed by atoms with Crippen molar-refractivity contribution in [3.05, 3.63) is 53.7 Å². The van der Waals surface area contributed by atoms with Crippen molar-refractivity contribution in [2.75, 3.05) is 0 Å². The molecule has 1 aromatic carbocycles. The zero-order chi connectivity index (χ0) is 11.5. The van der Waals surface area contributed by atoms with Gasteiger partial charge in [-0.15, -0.1) is 0 Å². The largest absolute Gasteiger partial charge is 0.233 e. The average Bonchev–Trinajstić information content (AvgIpc) is 2.18. The lowest BCUT2D eigenvalue weighted by atomic mass is 10.2. The van der Waals surface area contributed by atoms with Crippen molar-refractivity contribution >= 4 is 9.84 Å². The van der Waals surface area contributed by atoms with E-state index in [4.69, 9.17) is 0 Å². The fraction of sp³-hybridized carbons (Fsp3) is 0.0909. The number of hydrogen-bond donors (Lipinski definition) is 0. The Kier molecular flexibility index (Phi) is 3.42. The van der Waals surface area contributed by atoms with Gasteiger partial charge in [0.2, 0.25) is 15.0 Å². The highest BCUT2D eigenvalue weighted by Gasteiger charge is 2.19. The van der Waals surface area contributed by atoms with E-state index in [1.807, 2.05) is 6.92 Å². The van der Waals surface area contributed by atoms with Crippen LogP contribution in [0.25, 0.3) is 0 Å². The number of allylic oxidation sites excluding steroid dienone is 2. The molecule has 0 aliphatic carbocycles. The molecule has 0 unspecified atom stereocenters. The molecule has 0 bridgehead atoms. The minimum atomic E-state index is -3.99. The molecule has 2 nitrogen and oxygen atoms in total. The molecule has 0 radical (unpaired) electrons. The molecule has 0 saturated heterocycles. The van der Waals surface area contributed by atoms with Crippen LogP contribution in [0.5, 0.6) is 0 Å². The Morgan fingerprint density at radius 2 is 1.87 bits per heavy atom. The molecule has 0 aromatic heterocycles. The van der Waals surface area contributed by atoms with Crippen molar-refractivity contribution < 1.29 is 12.8 Å². The minimum Gasteiger partial charge on any atom is -0.216 e. The first-order valence-corrected chi connectivity index (χ1v) is 5.77. The van der Waals surface area contributed by atoms with Crippen LogP contribution < -0.4 is 0 Å². The molecule has 1 aromatic rings. The second-order valence-corrected chi connectivity index (χ2v) is 4.89. The zero-order valence-electron chi connectivity index (χ0n) is 8.27. The van der Waals surface area contributed by atoms with E-state index in [1.54, 1.807) is 12.1 Å². The van der Waals surface area contributed by atoms with Crippen LogP contribution in [0.1, 0.15) is 5.56 Å². The molecular weight excluding hydrogens is 215 g/mol.